The summed E-state index contributed by atoms with van der Waals surface area (Å²) in [5.41, 5.74) is 0. The molecule has 0 aromatic rings. The van der Waals surface area contributed by atoms with Gasteiger partial charge in [-0.15, -0.1) is 0 Å². The van der Waals surface area contributed by atoms with Gasteiger partial charge in [-0.2, -0.15) is 0 Å². The Morgan fingerprint density at radius 2 is 1.06 bits per heavy atom. The van der Waals surface area contributed by atoms with Crippen molar-refractivity contribution in [1.82, 2.24) is 0 Å². The molecule has 0 radical (unpaired) electrons. The predicted octanol–water partition coefficient (Wildman–Crippen LogP) is -6.55. The van der Waals surface area contributed by atoms with Crippen LogP contribution in [-0.2, 0) is 23.7 Å². The van der Waals surface area contributed by atoms with Gasteiger partial charge in [0.25, 0.3) is 0 Å². The summed E-state index contributed by atoms with van der Waals surface area (Å²) in [6.07, 6.45) is -24.0. The highest BCUT2D eigenvalue weighted by atomic mass is 16.8. The van der Waals surface area contributed by atoms with E-state index in [0.717, 1.165) is 0 Å². The van der Waals surface area contributed by atoms with Crippen LogP contribution in [0.15, 0.2) is 0 Å². The first-order valence-corrected chi connectivity index (χ1v) is 10.4. The van der Waals surface area contributed by atoms with E-state index in [1.54, 1.807) is 0 Å². The highest BCUT2D eigenvalue weighted by Crippen LogP contribution is 2.32. The van der Waals surface area contributed by atoms with E-state index in [9.17, 15) is 51.1 Å². The van der Waals surface area contributed by atoms with Gasteiger partial charge in [0, 0.05) is 0 Å². The second-order valence-corrected chi connectivity index (χ2v) is 8.32. The highest BCUT2D eigenvalue weighted by molar-refractivity contribution is 4.96. The molecule has 0 aromatic carbocycles. The van der Waals surface area contributed by atoms with E-state index in [4.69, 9.17) is 23.7 Å². The molecule has 0 saturated carbocycles. The molecule has 10 N–H and O–H groups in total. The van der Waals surface area contributed by atoms with Crippen molar-refractivity contribution >= 4 is 0 Å². The predicted molar refractivity (Wildman–Crippen MR) is 99.8 cm³/mol. The first-order valence-electron chi connectivity index (χ1n) is 10.4. The van der Waals surface area contributed by atoms with Crippen LogP contribution < -0.4 is 0 Å². The number of ether oxygens (including phenoxy) is 5. The number of hydrogen-bond donors (Lipinski definition) is 10. The molecule has 3 aliphatic rings. The van der Waals surface area contributed by atoms with Crippen molar-refractivity contribution in [2.45, 2.75) is 99.0 Å². The fraction of sp³-hybridized carbons (Fsp3) is 1.00. The number of aliphatic hydroxyl groups excluding tert-OH is 10. The third-order valence-electron chi connectivity index (χ3n) is 6.05. The van der Waals surface area contributed by atoms with E-state index in [2.05, 4.69) is 0 Å². The molecular weight excluding hydrogens is 456 g/mol. The molecule has 3 heterocycles. The lowest BCUT2D eigenvalue weighted by atomic mass is 9.96. The van der Waals surface area contributed by atoms with Crippen LogP contribution >= 0.6 is 0 Å². The highest BCUT2D eigenvalue weighted by Gasteiger charge is 2.53. The van der Waals surface area contributed by atoms with Gasteiger partial charge in [-0.05, 0) is 6.92 Å². The summed E-state index contributed by atoms with van der Waals surface area (Å²) in [4.78, 5) is 0. The zero-order valence-electron chi connectivity index (χ0n) is 17.6. The van der Waals surface area contributed by atoms with Crippen LogP contribution in [0.5, 0.6) is 0 Å². The lowest BCUT2D eigenvalue weighted by Gasteiger charge is -2.48. The molecule has 0 aromatic heterocycles. The maximum absolute atomic E-state index is 10.5. The van der Waals surface area contributed by atoms with Crippen LogP contribution in [0, 0.1) is 0 Å². The summed E-state index contributed by atoms with van der Waals surface area (Å²) >= 11 is 0. The normalized spacial score (nSPS) is 53.7. The van der Waals surface area contributed by atoms with Gasteiger partial charge in [-0.1, -0.05) is 0 Å². The summed E-state index contributed by atoms with van der Waals surface area (Å²) in [7, 11) is 0. The van der Waals surface area contributed by atoms with Crippen molar-refractivity contribution in [3.63, 3.8) is 0 Å². The topological polar surface area (TPSA) is 248 Å². The van der Waals surface area contributed by atoms with Crippen LogP contribution in [0.1, 0.15) is 6.92 Å². The second kappa shape index (κ2) is 11.0. The summed E-state index contributed by atoms with van der Waals surface area (Å²) in [6.45, 7) is -0.127. The number of hydrogen-bond acceptors (Lipinski definition) is 15. The Bertz CT molecular complexity index is 624. The van der Waals surface area contributed by atoms with Crippen molar-refractivity contribution in [1.29, 1.82) is 0 Å². The summed E-state index contributed by atoms with van der Waals surface area (Å²) in [5, 5.41) is 99.8. The lowest BCUT2D eigenvalue weighted by molar-refractivity contribution is -0.382. The number of rotatable bonds is 6. The van der Waals surface area contributed by atoms with Gasteiger partial charge in [-0.3, -0.25) is 0 Å². The molecule has 3 rings (SSSR count). The smallest absolute Gasteiger partial charge is 0.187 e. The number of aliphatic hydroxyl groups is 10. The molecule has 15 nitrogen and oxygen atoms in total. The average molecular weight is 488 g/mol. The third-order valence-corrected chi connectivity index (χ3v) is 6.05. The molecule has 0 unspecified atom stereocenters. The average Bonchev–Trinajstić information content (AvgIpc) is 2.80. The van der Waals surface area contributed by atoms with Gasteiger partial charge in [0.15, 0.2) is 18.9 Å². The molecule has 15 heteroatoms. The first-order chi connectivity index (χ1) is 15.5. The SMILES string of the molecule is C[C@@H]1O[C@@H](O[C@@H]2[C@@H](O)[C@@H](O)O[C@H](CO)[C@@H]2O[C@H]2O[C@H](CO)[C@@H](O)[C@H](O)[C@H]2O)[C@@H](O)[C@H](O)[C@@H]1O. The van der Waals surface area contributed by atoms with Crippen molar-refractivity contribution in [2.24, 2.45) is 0 Å². The largest absolute Gasteiger partial charge is 0.394 e. The van der Waals surface area contributed by atoms with E-state index in [1.807, 2.05) is 0 Å². The molecule has 0 spiro atoms. The van der Waals surface area contributed by atoms with Crippen LogP contribution in [0.4, 0.5) is 0 Å². The van der Waals surface area contributed by atoms with Gasteiger partial charge < -0.3 is 74.7 Å². The minimum Gasteiger partial charge on any atom is -0.394 e. The Morgan fingerprint density at radius 3 is 1.64 bits per heavy atom. The van der Waals surface area contributed by atoms with Gasteiger partial charge >= 0.3 is 0 Å². The van der Waals surface area contributed by atoms with Crippen LogP contribution in [-0.4, -0.2) is 156 Å². The molecule has 194 valence electrons. The lowest BCUT2D eigenvalue weighted by Crippen LogP contribution is -2.66. The molecule has 3 saturated heterocycles. The molecule has 3 aliphatic heterocycles. The fourth-order valence-electron chi connectivity index (χ4n) is 3.99. The van der Waals surface area contributed by atoms with Crippen molar-refractivity contribution in [2.75, 3.05) is 13.2 Å². The van der Waals surface area contributed by atoms with Crippen molar-refractivity contribution in [3.05, 3.63) is 0 Å². The van der Waals surface area contributed by atoms with E-state index >= 15 is 0 Å². The summed E-state index contributed by atoms with van der Waals surface area (Å²) in [6, 6.07) is 0. The van der Waals surface area contributed by atoms with Crippen LogP contribution in [0.25, 0.3) is 0 Å². The van der Waals surface area contributed by atoms with Gasteiger partial charge in [0.05, 0.1) is 19.3 Å². The maximum atomic E-state index is 10.5. The maximum Gasteiger partial charge on any atom is 0.187 e. The second-order valence-electron chi connectivity index (χ2n) is 8.32. The zero-order chi connectivity index (χ0) is 24.6. The zero-order valence-corrected chi connectivity index (χ0v) is 17.6. The van der Waals surface area contributed by atoms with Crippen molar-refractivity contribution < 1.29 is 74.7 Å². The minimum atomic E-state index is -1.88. The van der Waals surface area contributed by atoms with E-state index in [0.29, 0.717) is 0 Å². The summed E-state index contributed by atoms with van der Waals surface area (Å²) < 4.78 is 26.9. The molecule has 15 atom stereocenters. The Labute approximate surface area is 187 Å². The van der Waals surface area contributed by atoms with Gasteiger partial charge in [0.1, 0.15) is 67.1 Å². The molecular formula is C18H32O15. The molecule has 0 amide bonds. The minimum absolute atomic E-state index is 0.739. The first kappa shape index (κ1) is 27.0. The molecule has 3 fully saturated rings. The standard InChI is InChI=1S/C18H32O15/c1-4-7(21)9(23)11(25)17(29-4)33-15-13(27)16(28)30-6(3-20)14(15)32-18-12(26)10(24)8(22)5(2-19)31-18/h4-28H,2-3H2,1H3/t4-,5+,6+,7+,8+,9+,10-,11-,12+,13+,14-,15+,16-,17-,18+/m0/s1. The Morgan fingerprint density at radius 1 is 0.545 bits per heavy atom. The fourth-order valence-corrected chi connectivity index (χ4v) is 3.99. The van der Waals surface area contributed by atoms with E-state index < -0.39 is 105 Å². The Kier molecular flexibility index (Phi) is 8.99. The van der Waals surface area contributed by atoms with Gasteiger partial charge in [-0.25, -0.2) is 0 Å². The summed E-state index contributed by atoms with van der Waals surface area (Å²) in [5.74, 6) is 0. The van der Waals surface area contributed by atoms with E-state index in [1.165, 1.54) is 6.92 Å². The van der Waals surface area contributed by atoms with Gasteiger partial charge in [0.2, 0.25) is 0 Å². The molecule has 33 heavy (non-hydrogen) atoms. The van der Waals surface area contributed by atoms with Crippen molar-refractivity contribution in [3.8, 4) is 0 Å². The Hall–Kier alpha value is -0.600. The third kappa shape index (κ3) is 5.32. The molecule has 0 bridgehead atoms. The van der Waals surface area contributed by atoms with E-state index in [-0.39, 0.29) is 0 Å². The Balaban J connectivity index is 1.83. The van der Waals surface area contributed by atoms with Crippen LogP contribution in [0.2, 0.25) is 0 Å². The quantitative estimate of drug-likeness (QED) is 0.167. The molecule has 0 aliphatic carbocycles. The monoisotopic (exact) mass is 488 g/mol. The van der Waals surface area contributed by atoms with Crippen LogP contribution in [0.3, 0.4) is 0 Å².